The molecule has 35 heavy (non-hydrogen) atoms. The third-order valence-electron chi connectivity index (χ3n) is 6.14. The molecular weight excluding hydrogens is 675 g/mol. The van der Waals surface area contributed by atoms with Crippen molar-refractivity contribution in [2.24, 2.45) is 11.8 Å². The maximum atomic E-state index is 9.58. The van der Waals surface area contributed by atoms with Crippen molar-refractivity contribution in [3.05, 3.63) is 65.9 Å². The van der Waals surface area contributed by atoms with Crippen molar-refractivity contribution in [3.63, 3.8) is 0 Å². The number of rotatable bonds is 5. The van der Waals surface area contributed by atoms with Crippen LogP contribution in [0, 0.1) is 62.6 Å². The van der Waals surface area contributed by atoms with Gasteiger partial charge in [-0.25, -0.2) is 0 Å². The molecular formula is C29H45F3O2U. The third-order valence-corrected chi connectivity index (χ3v) is 6.14. The van der Waals surface area contributed by atoms with Gasteiger partial charge in [0.2, 0.25) is 0 Å². The summed E-state index contributed by atoms with van der Waals surface area (Å²) in [7, 11) is 0. The standard InChI is InChI=1S/C19H32O2.C7H7.C2H6.CF3.U/c1-5-7-18(14-16(4)15(3)6-2)17-8-10-19(11-9-17)20-12-13-21-19;1-7-5-3-2-4-6-7;1-2;2-1(3)4;/h7,14-15,17H,5-6,8-13H2,1-4H3;3-6H,1H3;1-2H3;;/q;-1;;-1;+2/b16-14-,18-7+;;;;. The van der Waals surface area contributed by atoms with Gasteiger partial charge in [-0.1, -0.05) is 59.3 Å². The number of ether oxygens (including phenoxy) is 2. The van der Waals surface area contributed by atoms with E-state index in [1.54, 1.807) is 5.57 Å². The van der Waals surface area contributed by atoms with Gasteiger partial charge in [0.15, 0.2) is 12.5 Å². The minimum absolute atomic E-state index is 0. The van der Waals surface area contributed by atoms with Crippen molar-refractivity contribution in [1.82, 2.24) is 0 Å². The second kappa shape index (κ2) is 21.5. The zero-order valence-electron chi connectivity index (χ0n) is 22.7. The zero-order chi connectivity index (χ0) is 26.0. The molecule has 198 valence electrons. The summed E-state index contributed by atoms with van der Waals surface area (Å²) in [6.07, 6.45) is 11.7. The maximum absolute atomic E-state index is 9.58. The van der Waals surface area contributed by atoms with Gasteiger partial charge in [-0.05, 0) is 50.0 Å². The Morgan fingerprint density at radius 1 is 1.11 bits per heavy atom. The van der Waals surface area contributed by atoms with E-state index in [1.807, 2.05) is 38.1 Å². The molecule has 2 aliphatic rings. The molecule has 1 unspecified atom stereocenters. The van der Waals surface area contributed by atoms with E-state index in [1.165, 1.54) is 30.4 Å². The molecule has 2 nitrogen and oxygen atoms in total. The van der Waals surface area contributed by atoms with Gasteiger partial charge in [0, 0.05) is 12.8 Å². The van der Waals surface area contributed by atoms with Crippen LogP contribution in [0.2, 0.25) is 0 Å². The van der Waals surface area contributed by atoms with Crippen LogP contribution in [0.5, 0.6) is 0 Å². The number of aryl methyl sites for hydroxylation is 1. The van der Waals surface area contributed by atoms with Gasteiger partial charge in [0.05, 0.1) is 13.2 Å². The van der Waals surface area contributed by atoms with Gasteiger partial charge in [0.25, 0.3) is 0 Å². The Kier molecular flexibility index (Phi) is 22.5. The average Bonchev–Trinajstić information content (AvgIpc) is 3.28. The Balaban J connectivity index is 0. The van der Waals surface area contributed by atoms with Crippen LogP contribution in [-0.4, -0.2) is 19.0 Å². The van der Waals surface area contributed by atoms with Gasteiger partial charge < -0.3 is 22.6 Å². The van der Waals surface area contributed by atoms with Crippen molar-refractivity contribution in [1.29, 1.82) is 0 Å². The minimum Gasteiger partial charge on any atom is -0.385 e. The van der Waals surface area contributed by atoms with E-state index in [9.17, 15) is 13.2 Å². The van der Waals surface area contributed by atoms with E-state index in [0.29, 0.717) is 11.8 Å². The van der Waals surface area contributed by atoms with Gasteiger partial charge in [-0.3, -0.25) is 0 Å². The molecule has 6 heteroatoms. The number of halogens is 3. The van der Waals surface area contributed by atoms with Gasteiger partial charge in [0.1, 0.15) is 0 Å². The Morgan fingerprint density at radius 2 is 1.60 bits per heavy atom. The van der Waals surface area contributed by atoms with Crippen LogP contribution in [0.25, 0.3) is 0 Å². The van der Waals surface area contributed by atoms with Gasteiger partial charge >= 0.3 is 31.1 Å². The van der Waals surface area contributed by atoms with Crippen molar-refractivity contribution in [3.8, 4) is 0 Å². The summed E-state index contributed by atoms with van der Waals surface area (Å²) < 4.78 is 40.4. The maximum Gasteiger partial charge on any atom is 2.00 e. The van der Waals surface area contributed by atoms with Crippen LogP contribution in [0.3, 0.4) is 0 Å². The van der Waals surface area contributed by atoms with Crippen molar-refractivity contribution < 1.29 is 53.8 Å². The molecule has 1 aromatic rings. The van der Waals surface area contributed by atoms with E-state index in [2.05, 4.69) is 52.8 Å². The van der Waals surface area contributed by atoms with Crippen LogP contribution >= 0.6 is 0 Å². The fourth-order valence-corrected chi connectivity index (χ4v) is 3.95. The SMILES string of the molecule is CC.CC/C=C(\C=C(\C)C(C)CC)C1CCC2(CC1)OCCO2.Cc1cc[c-]cc1.F[C-](F)F.[U+2]. The minimum atomic E-state index is -3.08. The third kappa shape index (κ3) is 16.0. The average molecular weight is 721 g/mol. The normalized spacial score (nSPS) is 18.3. The summed E-state index contributed by atoms with van der Waals surface area (Å²) >= 11 is 0. The molecule has 1 saturated heterocycles. The first-order chi connectivity index (χ1) is 16.2. The smallest absolute Gasteiger partial charge is 0.385 e. The quantitative estimate of drug-likeness (QED) is 0.223. The molecule has 1 atom stereocenters. The van der Waals surface area contributed by atoms with Crippen molar-refractivity contribution >= 4 is 0 Å². The number of benzene rings is 1. The van der Waals surface area contributed by atoms with Crippen LogP contribution < -0.4 is 0 Å². The molecule has 1 heterocycles. The van der Waals surface area contributed by atoms with E-state index >= 15 is 0 Å². The molecule has 1 aliphatic carbocycles. The Morgan fingerprint density at radius 3 is 1.97 bits per heavy atom. The topological polar surface area (TPSA) is 18.5 Å². The first-order valence-corrected chi connectivity index (χ1v) is 12.6. The van der Waals surface area contributed by atoms with Crippen LogP contribution in [0.15, 0.2) is 47.6 Å². The second-order valence-corrected chi connectivity index (χ2v) is 8.48. The molecule has 2 fully saturated rings. The first kappa shape index (κ1) is 36.6. The molecule has 0 bridgehead atoms. The Hall–Kier alpha value is -0.538. The summed E-state index contributed by atoms with van der Waals surface area (Å²) in [6, 6.07) is 10.8. The van der Waals surface area contributed by atoms with E-state index in [4.69, 9.17) is 9.47 Å². The number of hydrogen-bond acceptors (Lipinski definition) is 2. The van der Waals surface area contributed by atoms with Gasteiger partial charge in [-0.2, -0.15) is 35.9 Å². The Bertz CT molecular complexity index is 674. The monoisotopic (exact) mass is 720 g/mol. The number of hydrogen-bond donors (Lipinski definition) is 0. The second-order valence-electron chi connectivity index (χ2n) is 8.48. The van der Waals surface area contributed by atoms with Crippen LogP contribution in [0.1, 0.15) is 85.6 Å². The summed E-state index contributed by atoms with van der Waals surface area (Å²) in [6.45, 7) is 13.6. The van der Waals surface area contributed by atoms with Gasteiger partial charge in [-0.15, -0.1) is 0 Å². The molecule has 1 spiro atoms. The molecule has 3 rings (SSSR count). The largest absolute Gasteiger partial charge is 2.00 e. The summed E-state index contributed by atoms with van der Waals surface area (Å²) in [5, 5.41) is 0. The predicted molar refractivity (Wildman–Crippen MR) is 136 cm³/mol. The van der Waals surface area contributed by atoms with Crippen LogP contribution in [-0.2, 0) is 9.47 Å². The summed E-state index contributed by atoms with van der Waals surface area (Å²) in [4.78, 5) is 0. The summed E-state index contributed by atoms with van der Waals surface area (Å²) in [5.74, 6) is 1.13. The molecule has 0 aromatic heterocycles. The molecule has 0 amide bonds. The molecule has 1 saturated carbocycles. The molecule has 1 aromatic carbocycles. The molecule has 0 N–H and O–H groups in total. The molecule has 1 aliphatic heterocycles. The summed E-state index contributed by atoms with van der Waals surface area (Å²) in [5.41, 5.74) is 4.35. The fourth-order valence-electron chi connectivity index (χ4n) is 3.95. The van der Waals surface area contributed by atoms with Crippen molar-refractivity contribution in [2.75, 3.05) is 13.2 Å². The van der Waals surface area contributed by atoms with E-state index < -0.39 is 6.68 Å². The first-order valence-electron chi connectivity index (χ1n) is 12.6. The fraction of sp³-hybridized carbons (Fsp3) is 0.621. The van der Waals surface area contributed by atoms with E-state index in [-0.39, 0.29) is 36.9 Å². The predicted octanol–water partition coefficient (Wildman–Crippen LogP) is 9.41. The van der Waals surface area contributed by atoms with Crippen molar-refractivity contribution in [2.45, 2.75) is 92.8 Å². The Labute approximate surface area is 236 Å². The number of allylic oxidation sites excluding steroid dienone is 4. The van der Waals surface area contributed by atoms with Crippen LogP contribution in [0.4, 0.5) is 13.2 Å². The zero-order valence-corrected chi connectivity index (χ0v) is 26.9. The van der Waals surface area contributed by atoms with E-state index in [0.717, 1.165) is 32.5 Å². The molecule has 0 radical (unpaired) electrons.